The van der Waals surface area contributed by atoms with Crippen molar-refractivity contribution in [3.05, 3.63) is 86.4 Å². The number of amides is 5. The lowest BCUT2D eigenvalue weighted by Gasteiger charge is -2.27. The molecule has 2 aromatic carbocycles. The number of rotatable bonds is 8. The number of benzene rings is 2. The largest absolute Gasteiger partial charge is 0.366 e. The van der Waals surface area contributed by atoms with E-state index in [1.807, 2.05) is 13.0 Å². The van der Waals surface area contributed by atoms with Gasteiger partial charge in [-0.05, 0) is 38.0 Å². The molecule has 2 aliphatic rings. The molecule has 4 N–H and O–H groups in total. The number of hydrogen-bond donors (Lipinski definition) is 4. The molecule has 2 aliphatic heterocycles. The molecule has 1 saturated heterocycles. The van der Waals surface area contributed by atoms with Gasteiger partial charge in [-0.15, -0.1) is 0 Å². The van der Waals surface area contributed by atoms with Crippen LogP contribution in [0.5, 0.6) is 0 Å². The van der Waals surface area contributed by atoms with Crippen molar-refractivity contribution in [2.45, 2.75) is 39.3 Å². The first-order chi connectivity index (χ1) is 22.0. The van der Waals surface area contributed by atoms with Crippen LogP contribution in [-0.2, 0) is 16.1 Å². The number of hydrogen-bond acceptors (Lipinski definition) is 11. The Kier molecular flexibility index (Phi) is 8.19. The fourth-order valence-corrected chi connectivity index (χ4v) is 6.10. The standard InChI is InChI=1S/C30H24ClFN8O5S/c1-13-4-3-5-17(31)25(13)39-27(43)19-12-34-30(46-19)37-21-10-20(35-14(2)36-21)33-11-15-6-7-16-23(24(15)32)29(45)40(28(16)44)18-8-9-22(41)38-26(18)42/h3-7,10,12,18H,8-9,11H2,1-2H3,(H,39,43)(H,38,41,42)(H2,33,34,35,36,37). The Hall–Kier alpha value is -5.28. The van der Waals surface area contributed by atoms with Gasteiger partial charge in [-0.1, -0.05) is 41.1 Å². The van der Waals surface area contributed by atoms with Crippen LogP contribution in [0.4, 0.5) is 26.8 Å². The molecule has 0 saturated carbocycles. The smallest absolute Gasteiger partial charge is 0.267 e. The molecule has 0 spiro atoms. The second-order valence-electron chi connectivity index (χ2n) is 10.5. The Labute approximate surface area is 269 Å². The van der Waals surface area contributed by atoms with Gasteiger partial charge in [0, 0.05) is 24.6 Å². The highest BCUT2D eigenvalue weighted by molar-refractivity contribution is 7.17. The number of aryl methyl sites for hydroxylation is 2. The average Bonchev–Trinajstić information content (AvgIpc) is 3.57. The minimum absolute atomic E-state index is 0.0344. The predicted molar refractivity (Wildman–Crippen MR) is 167 cm³/mol. The first-order valence-electron chi connectivity index (χ1n) is 13.9. The molecular weight excluding hydrogens is 639 g/mol. The monoisotopic (exact) mass is 662 g/mol. The fourth-order valence-electron chi connectivity index (χ4n) is 5.12. The van der Waals surface area contributed by atoms with Gasteiger partial charge < -0.3 is 16.0 Å². The summed E-state index contributed by atoms with van der Waals surface area (Å²) in [5.41, 5.74) is 0.832. The van der Waals surface area contributed by atoms with Gasteiger partial charge in [0.2, 0.25) is 11.8 Å². The van der Waals surface area contributed by atoms with Crippen LogP contribution in [0, 0.1) is 19.7 Å². The summed E-state index contributed by atoms with van der Waals surface area (Å²) in [5, 5.41) is 11.8. The van der Waals surface area contributed by atoms with Gasteiger partial charge in [-0.25, -0.2) is 19.3 Å². The maximum Gasteiger partial charge on any atom is 0.267 e. The minimum atomic E-state index is -1.20. The molecule has 0 bridgehead atoms. The Morgan fingerprint density at radius 3 is 2.65 bits per heavy atom. The highest BCUT2D eigenvalue weighted by Crippen LogP contribution is 2.32. The van der Waals surface area contributed by atoms with Crippen molar-refractivity contribution < 1.29 is 28.4 Å². The number of nitrogens with one attached hydrogen (secondary N) is 4. The molecule has 0 aliphatic carbocycles. The van der Waals surface area contributed by atoms with Gasteiger partial charge >= 0.3 is 0 Å². The van der Waals surface area contributed by atoms with E-state index in [0.29, 0.717) is 43.1 Å². The second kappa shape index (κ2) is 12.3. The summed E-state index contributed by atoms with van der Waals surface area (Å²) in [6.07, 6.45) is 1.35. The molecule has 2 aromatic heterocycles. The minimum Gasteiger partial charge on any atom is -0.366 e. The van der Waals surface area contributed by atoms with Crippen LogP contribution in [0.15, 0.2) is 42.6 Å². The molecule has 16 heteroatoms. The molecule has 234 valence electrons. The van der Waals surface area contributed by atoms with Crippen LogP contribution in [-0.4, -0.2) is 55.4 Å². The fraction of sp³-hybridized carbons (Fsp3) is 0.200. The van der Waals surface area contributed by atoms with E-state index in [9.17, 15) is 24.0 Å². The van der Waals surface area contributed by atoms with Crippen LogP contribution in [0.3, 0.4) is 0 Å². The van der Waals surface area contributed by atoms with Crippen molar-refractivity contribution in [2.24, 2.45) is 0 Å². The lowest BCUT2D eigenvalue weighted by atomic mass is 10.0. The molecule has 13 nitrogen and oxygen atoms in total. The lowest BCUT2D eigenvalue weighted by Crippen LogP contribution is -2.54. The Bertz CT molecular complexity index is 1950. The number of halogens is 2. The number of anilines is 4. The van der Waals surface area contributed by atoms with Gasteiger partial charge in [-0.2, -0.15) is 0 Å². The highest BCUT2D eigenvalue weighted by atomic mass is 35.5. The molecule has 6 rings (SSSR count). The van der Waals surface area contributed by atoms with Crippen molar-refractivity contribution in [2.75, 3.05) is 16.0 Å². The number of carbonyl (C=O) groups is 5. The predicted octanol–water partition coefficient (Wildman–Crippen LogP) is 4.35. The van der Waals surface area contributed by atoms with Crippen molar-refractivity contribution >= 4 is 74.9 Å². The van der Waals surface area contributed by atoms with Gasteiger partial charge in [-0.3, -0.25) is 34.2 Å². The third-order valence-electron chi connectivity index (χ3n) is 7.35. The topological polar surface area (TPSA) is 175 Å². The van der Waals surface area contributed by atoms with Gasteiger partial charge in [0.15, 0.2) is 5.13 Å². The summed E-state index contributed by atoms with van der Waals surface area (Å²) in [6.45, 7) is 3.39. The zero-order chi connectivity index (χ0) is 32.7. The second-order valence-corrected chi connectivity index (χ2v) is 11.9. The summed E-state index contributed by atoms with van der Waals surface area (Å²) in [4.78, 5) is 76.7. The summed E-state index contributed by atoms with van der Waals surface area (Å²) >= 11 is 7.32. The van der Waals surface area contributed by atoms with E-state index >= 15 is 4.39 Å². The number of fused-ring (bicyclic) bond motifs is 1. The normalized spacial score (nSPS) is 15.9. The van der Waals surface area contributed by atoms with E-state index in [0.717, 1.165) is 16.9 Å². The van der Waals surface area contributed by atoms with Gasteiger partial charge in [0.05, 0.1) is 28.0 Å². The molecule has 1 atom stereocenters. The van der Waals surface area contributed by atoms with Crippen LogP contribution in [0.25, 0.3) is 0 Å². The van der Waals surface area contributed by atoms with E-state index < -0.39 is 41.1 Å². The van der Waals surface area contributed by atoms with E-state index in [1.54, 1.807) is 25.1 Å². The Morgan fingerprint density at radius 1 is 1.11 bits per heavy atom. The molecule has 1 fully saturated rings. The number of piperidine rings is 1. The maximum atomic E-state index is 15.6. The quantitative estimate of drug-likeness (QED) is 0.199. The molecular formula is C30H24ClFN8O5S. The first kappa shape index (κ1) is 30.7. The lowest BCUT2D eigenvalue weighted by molar-refractivity contribution is -0.136. The highest BCUT2D eigenvalue weighted by Gasteiger charge is 2.46. The summed E-state index contributed by atoms with van der Waals surface area (Å²) in [6, 6.07) is 8.38. The van der Waals surface area contributed by atoms with Crippen LogP contribution < -0.4 is 21.3 Å². The van der Waals surface area contributed by atoms with E-state index in [4.69, 9.17) is 11.6 Å². The number of nitrogens with zero attached hydrogens (tertiary/aromatic N) is 4. The van der Waals surface area contributed by atoms with E-state index in [2.05, 4.69) is 36.2 Å². The Morgan fingerprint density at radius 2 is 1.89 bits per heavy atom. The summed E-state index contributed by atoms with van der Waals surface area (Å²) in [7, 11) is 0. The zero-order valence-corrected chi connectivity index (χ0v) is 25.8. The summed E-state index contributed by atoms with van der Waals surface area (Å²) in [5.74, 6) is -3.22. The molecule has 4 aromatic rings. The number of carbonyl (C=O) groups excluding carboxylic acids is 5. The number of aromatic nitrogens is 3. The third-order valence-corrected chi connectivity index (χ3v) is 8.57. The molecule has 4 heterocycles. The van der Waals surface area contributed by atoms with E-state index in [-0.39, 0.29) is 36.4 Å². The average molecular weight is 663 g/mol. The SMILES string of the molecule is Cc1nc(NCc2ccc3c(c2F)C(=O)N(C2CCC(=O)NC2=O)C3=O)cc(Nc2ncc(C(=O)Nc3c(C)cccc3Cl)s2)n1. The van der Waals surface area contributed by atoms with E-state index in [1.165, 1.54) is 18.3 Å². The van der Waals surface area contributed by atoms with Crippen molar-refractivity contribution in [1.29, 1.82) is 0 Å². The molecule has 5 amide bonds. The van der Waals surface area contributed by atoms with Crippen LogP contribution >= 0.6 is 22.9 Å². The summed E-state index contributed by atoms with van der Waals surface area (Å²) < 4.78 is 15.6. The van der Waals surface area contributed by atoms with Crippen molar-refractivity contribution in [3.63, 3.8) is 0 Å². The van der Waals surface area contributed by atoms with Crippen molar-refractivity contribution in [1.82, 2.24) is 25.2 Å². The van der Waals surface area contributed by atoms with Crippen LogP contribution in [0.2, 0.25) is 5.02 Å². The third kappa shape index (κ3) is 5.89. The Balaban J connectivity index is 1.14. The van der Waals surface area contributed by atoms with Crippen molar-refractivity contribution in [3.8, 4) is 0 Å². The molecule has 1 unspecified atom stereocenters. The number of imide groups is 2. The molecule has 46 heavy (non-hydrogen) atoms. The van der Waals surface area contributed by atoms with Gasteiger partial charge in [0.25, 0.3) is 17.7 Å². The first-order valence-corrected chi connectivity index (χ1v) is 15.1. The van der Waals surface area contributed by atoms with Gasteiger partial charge in [0.1, 0.15) is 34.2 Å². The molecule has 0 radical (unpaired) electrons. The number of thiazole rings is 1. The van der Waals surface area contributed by atoms with Crippen LogP contribution in [0.1, 0.15) is 60.2 Å². The zero-order valence-electron chi connectivity index (χ0n) is 24.2. The number of para-hydroxylation sites is 1. The maximum absolute atomic E-state index is 15.6.